The molecule has 0 saturated carbocycles. The second-order valence-corrected chi connectivity index (χ2v) is 4.60. The molecule has 0 N–H and O–H groups in total. The van der Waals surface area contributed by atoms with Crippen molar-refractivity contribution in [3.63, 3.8) is 0 Å². The number of alkyl halides is 1. The number of benzene rings is 1. The van der Waals surface area contributed by atoms with Gasteiger partial charge < -0.3 is 0 Å². The van der Waals surface area contributed by atoms with Crippen LogP contribution in [-0.2, 0) is 6.42 Å². The molecule has 0 radical (unpaired) electrons. The van der Waals surface area contributed by atoms with E-state index < -0.39 is 0 Å². The molecule has 0 aliphatic heterocycles. The average Bonchev–Trinajstić information content (AvgIpc) is 2.27. The van der Waals surface area contributed by atoms with E-state index in [9.17, 15) is 0 Å². The molecule has 0 spiro atoms. The van der Waals surface area contributed by atoms with Crippen LogP contribution in [0.3, 0.4) is 0 Å². The number of hydrogen-bond acceptors (Lipinski definition) is 0. The molecule has 0 aromatic heterocycles. The fraction of sp³-hybridized carbons (Fsp3) is 0.429. The molecule has 0 saturated heterocycles. The normalized spacial score (nSPS) is 11.8. The minimum Gasteiger partial charge on any atom is -0.0925 e. The molecule has 0 aliphatic rings. The molecule has 15 heavy (non-hydrogen) atoms. The van der Waals surface area contributed by atoms with Crippen molar-refractivity contribution in [1.29, 1.82) is 0 Å². The van der Waals surface area contributed by atoms with E-state index in [1.165, 1.54) is 29.5 Å². The third-order valence-electron chi connectivity index (χ3n) is 2.51. The van der Waals surface area contributed by atoms with Gasteiger partial charge in [-0.3, -0.25) is 0 Å². The van der Waals surface area contributed by atoms with Crippen LogP contribution in [0.15, 0.2) is 30.3 Å². The van der Waals surface area contributed by atoms with Crippen LogP contribution in [0.4, 0.5) is 0 Å². The standard InChI is InChI=1S/C14H19Br/c1-3-5-13-7-9-14(10-8-13)12(2)6-4-11-15/h6-10H,3-5,11H2,1-2H3/b12-6+. The molecule has 0 nitrogen and oxygen atoms in total. The van der Waals surface area contributed by atoms with Gasteiger partial charge in [0.15, 0.2) is 0 Å². The second-order valence-electron chi connectivity index (χ2n) is 3.81. The Balaban J connectivity index is 2.70. The van der Waals surface area contributed by atoms with Crippen LogP contribution in [0, 0.1) is 0 Å². The van der Waals surface area contributed by atoms with Crippen molar-refractivity contribution < 1.29 is 0 Å². The zero-order chi connectivity index (χ0) is 11.1. The first-order chi connectivity index (χ1) is 7.27. The van der Waals surface area contributed by atoms with E-state index in [2.05, 4.69) is 60.1 Å². The molecule has 0 aliphatic carbocycles. The number of hydrogen-bond donors (Lipinski definition) is 0. The van der Waals surface area contributed by atoms with Crippen LogP contribution in [0.25, 0.3) is 5.57 Å². The quantitative estimate of drug-likeness (QED) is 0.670. The van der Waals surface area contributed by atoms with Crippen LogP contribution >= 0.6 is 15.9 Å². The summed E-state index contributed by atoms with van der Waals surface area (Å²) in [6.45, 7) is 4.40. The van der Waals surface area contributed by atoms with Crippen molar-refractivity contribution in [3.05, 3.63) is 41.5 Å². The molecule has 0 unspecified atom stereocenters. The lowest BCUT2D eigenvalue weighted by atomic mass is 10.0. The predicted molar refractivity (Wildman–Crippen MR) is 72.5 cm³/mol. The van der Waals surface area contributed by atoms with Crippen molar-refractivity contribution in [2.45, 2.75) is 33.1 Å². The zero-order valence-electron chi connectivity index (χ0n) is 9.59. The maximum Gasteiger partial charge on any atom is 0.00661 e. The number of rotatable bonds is 5. The monoisotopic (exact) mass is 266 g/mol. The molecule has 82 valence electrons. The van der Waals surface area contributed by atoms with Crippen LogP contribution in [0.5, 0.6) is 0 Å². The van der Waals surface area contributed by atoms with Crippen LogP contribution in [-0.4, -0.2) is 5.33 Å². The summed E-state index contributed by atoms with van der Waals surface area (Å²) in [6, 6.07) is 8.94. The van der Waals surface area contributed by atoms with E-state index in [0.717, 1.165) is 11.8 Å². The molecule has 0 atom stereocenters. The van der Waals surface area contributed by atoms with Gasteiger partial charge in [-0.25, -0.2) is 0 Å². The van der Waals surface area contributed by atoms with E-state index >= 15 is 0 Å². The van der Waals surface area contributed by atoms with Gasteiger partial charge in [-0.1, -0.05) is 59.6 Å². The topological polar surface area (TPSA) is 0 Å². The van der Waals surface area contributed by atoms with Gasteiger partial charge in [-0.05, 0) is 36.5 Å². The van der Waals surface area contributed by atoms with Gasteiger partial charge in [0.1, 0.15) is 0 Å². The van der Waals surface area contributed by atoms with Crippen molar-refractivity contribution in [1.82, 2.24) is 0 Å². The highest BCUT2D eigenvalue weighted by Crippen LogP contribution is 2.16. The Bertz CT molecular complexity index is 309. The van der Waals surface area contributed by atoms with Gasteiger partial charge in [0, 0.05) is 5.33 Å². The van der Waals surface area contributed by atoms with Gasteiger partial charge in [-0.2, -0.15) is 0 Å². The van der Waals surface area contributed by atoms with Crippen molar-refractivity contribution in [2.75, 3.05) is 5.33 Å². The summed E-state index contributed by atoms with van der Waals surface area (Å²) in [4.78, 5) is 0. The largest absolute Gasteiger partial charge is 0.0925 e. The molecule has 1 heteroatoms. The van der Waals surface area contributed by atoms with E-state index in [0.29, 0.717) is 0 Å². The molecule has 0 bridgehead atoms. The van der Waals surface area contributed by atoms with E-state index in [-0.39, 0.29) is 0 Å². The van der Waals surface area contributed by atoms with Crippen molar-refractivity contribution in [2.24, 2.45) is 0 Å². The lowest BCUT2D eigenvalue weighted by molar-refractivity contribution is 0.921. The fourth-order valence-electron chi connectivity index (χ4n) is 1.61. The summed E-state index contributed by atoms with van der Waals surface area (Å²) < 4.78 is 0. The summed E-state index contributed by atoms with van der Waals surface area (Å²) in [5.74, 6) is 0. The van der Waals surface area contributed by atoms with Crippen molar-refractivity contribution in [3.8, 4) is 0 Å². The van der Waals surface area contributed by atoms with Crippen LogP contribution in [0.1, 0.15) is 37.8 Å². The fourth-order valence-corrected chi connectivity index (χ4v) is 1.84. The highest BCUT2D eigenvalue weighted by atomic mass is 79.9. The Hall–Kier alpha value is -0.560. The summed E-state index contributed by atoms with van der Waals surface area (Å²) in [6.07, 6.45) is 5.79. The van der Waals surface area contributed by atoms with Gasteiger partial charge in [0.25, 0.3) is 0 Å². The average molecular weight is 267 g/mol. The SMILES string of the molecule is CCCc1ccc(/C(C)=C/CCBr)cc1. The molecule has 1 aromatic rings. The van der Waals surface area contributed by atoms with E-state index in [4.69, 9.17) is 0 Å². The Morgan fingerprint density at radius 2 is 1.93 bits per heavy atom. The Labute approximate surface area is 102 Å². The first-order valence-corrected chi connectivity index (χ1v) is 6.72. The van der Waals surface area contributed by atoms with E-state index in [1.807, 2.05) is 0 Å². The van der Waals surface area contributed by atoms with Crippen LogP contribution < -0.4 is 0 Å². The first kappa shape index (κ1) is 12.5. The molecular weight excluding hydrogens is 248 g/mol. The van der Waals surface area contributed by atoms with Crippen LogP contribution in [0.2, 0.25) is 0 Å². The zero-order valence-corrected chi connectivity index (χ0v) is 11.2. The number of halogens is 1. The smallest absolute Gasteiger partial charge is 0.00661 e. The van der Waals surface area contributed by atoms with E-state index in [1.54, 1.807) is 0 Å². The molecule has 0 heterocycles. The maximum atomic E-state index is 3.44. The third-order valence-corrected chi connectivity index (χ3v) is 2.97. The maximum absolute atomic E-state index is 3.44. The molecule has 0 fully saturated rings. The Kier molecular flexibility index (Phi) is 5.70. The first-order valence-electron chi connectivity index (χ1n) is 5.60. The molecule has 1 rings (SSSR count). The molecule has 1 aromatic carbocycles. The minimum absolute atomic E-state index is 1.04. The summed E-state index contributed by atoms with van der Waals surface area (Å²) in [5.41, 5.74) is 4.16. The number of aryl methyl sites for hydroxylation is 1. The summed E-state index contributed by atoms with van der Waals surface area (Å²) in [5, 5.41) is 1.04. The second kappa shape index (κ2) is 6.84. The predicted octanol–water partition coefficient (Wildman–Crippen LogP) is 4.83. The third kappa shape index (κ3) is 4.21. The Morgan fingerprint density at radius 3 is 2.47 bits per heavy atom. The lowest BCUT2D eigenvalue weighted by Crippen LogP contribution is -1.85. The highest BCUT2D eigenvalue weighted by molar-refractivity contribution is 9.09. The summed E-state index contributed by atoms with van der Waals surface area (Å²) in [7, 11) is 0. The molecular formula is C14H19Br. The highest BCUT2D eigenvalue weighted by Gasteiger charge is 1.95. The summed E-state index contributed by atoms with van der Waals surface area (Å²) >= 11 is 3.44. The van der Waals surface area contributed by atoms with Gasteiger partial charge in [-0.15, -0.1) is 0 Å². The van der Waals surface area contributed by atoms with Gasteiger partial charge >= 0.3 is 0 Å². The minimum atomic E-state index is 1.04. The van der Waals surface area contributed by atoms with Crippen molar-refractivity contribution >= 4 is 21.5 Å². The van der Waals surface area contributed by atoms with Gasteiger partial charge in [0.2, 0.25) is 0 Å². The lowest BCUT2D eigenvalue weighted by Gasteiger charge is -2.03. The number of allylic oxidation sites excluding steroid dienone is 2. The molecule has 0 amide bonds. The van der Waals surface area contributed by atoms with Gasteiger partial charge in [0.05, 0.1) is 0 Å². The Morgan fingerprint density at radius 1 is 1.27 bits per heavy atom.